The summed E-state index contributed by atoms with van der Waals surface area (Å²) in [5.41, 5.74) is 0. The van der Waals surface area contributed by atoms with Crippen molar-refractivity contribution >= 4 is 0 Å². The van der Waals surface area contributed by atoms with Crippen LogP contribution in [0.5, 0.6) is 0 Å². The summed E-state index contributed by atoms with van der Waals surface area (Å²) in [7, 11) is 0. The maximum atomic E-state index is 3.56. The SMILES string of the molecule is CC(C)CCCCCNCCCCCC(C)C.[N]. The quantitative estimate of drug-likeness (QED) is 0.512. The van der Waals surface area contributed by atoms with Crippen LogP contribution in [0, 0.1) is 11.8 Å². The van der Waals surface area contributed by atoms with Crippen LogP contribution in [0.25, 0.3) is 0 Å². The minimum absolute atomic E-state index is 0. The van der Waals surface area contributed by atoms with Gasteiger partial charge in [-0.25, -0.2) is 0 Å². The fourth-order valence-electron chi connectivity index (χ4n) is 2.08. The van der Waals surface area contributed by atoms with Crippen LogP contribution >= 0.6 is 0 Å². The van der Waals surface area contributed by atoms with Crippen molar-refractivity contribution in [3.8, 4) is 0 Å². The Balaban J connectivity index is 0. The lowest BCUT2D eigenvalue weighted by molar-refractivity contribution is 0.499. The number of nitrogens with zero attached hydrogens (tertiary/aromatic N) is 1. The summed E-state index contributed by atoms with van der Waals surface area (Å²) in [5.74, 6) is 1.76. The van der Waals surface area contributed by atoms with Crippen molar-refractivity contribution in [2.75, 3.05) is 13.1 Å². The second-order valence-electron chi connectivity index (χ2n) is 6.24. The topological polar surface area (TPSA) is 42.5 Å². The molecule has 0 aliphatic heterocycles. The molecule has 0 heterocycles. The van der Waals surface area contributed by atoms with E-state index in [0.29, 0.717) is 0 Å². The molecule has 0 spiro atoms. The first kappa shape index (κ1) is 20.2. The van der Waals surface area contributed by atoms with Crippen molar-refractivity contribution in [1.29, 1.82) is 0 Å². The molecular formula is C16H35N2. The molecule has 2 heteroatoms. The number of hydrogen-bond donors (Lipinski definition) is 1. The smallest absolute Gasteiger partial charge is 0 e. The maximum absolute atomic E-state index is 3.56. The molecule has 109 valence electrons. The van der Waals surface area contributed by atoms with E-state index in [-0.39, 0.29) is 6.15 Å². The summed E-state index contributed by atoms with van der Waals surface area (Å²) in [6, 6.07) is 0. The fraction of sp³-hybridized carbons (Fsp3) is 1.00. The fourth-order valence-corrected chi connectivity index (χ4v) is 2.08. The van der Waals surface area contributed by atoms with E-state index in [1.807, 2.05) is 0 Å². The lowest BCUT2D eigenvalue weighted by Gasteiger charge is -2.07. The molecule has 0 aromatic rings. The molecule has 0 fully saturated rings. The molecule has 0 saturated heterocycles. The maximum Gasteiger partial charge on any atom is 0 e. The molecule has 0 aliphatic rings. The second-order valence-corrected chi connectivity index (χ2v) is 6.24. The van der Waals surface area contributed by atoms with Gasteiger partial charge < -0.3 is 5.32 Å². The molecule has 0 amide bonds. The van der Waals surface area contributed by atoms with Gasteiger partial charge in [0.2, 0.25) is 0 Å². The van der Waals surface area contributed by atoms with E-state index in [4.69, 9.17) is 0 Å². The Kier molecular flexibility index (Phi) is 16.8. The third-order valence-corrected chi connectivity index (χ3v) is 3.27. The highest BCUT2D eigenvalue weighted by molar-refractivity contribution is 4.53. The van der Waals surface area contributed by atoms with Gasteiger partial charge in [0.05, 0.1) is 0 Å². The molecule has 3 radical (unpaired) electrons. The van der Waals surface area contributed by atoms with Crippen LogP contribution < -0.4 is 11.5 Å². The molecule has 0 aromatic heterocycles. The summed E-state index contributed by atoms with van der Waals surface area (Å²) >= 11 is 0. The van der Waals surface area contributed by atoms with Gasteiger partial charge in [-0.15, -0.1) is 0 Å². The predicted molar refractivity (Wildman–Crippen MR) is 81.6 cm³/mol. The molecule has 0 bridgehead atoms. The van der Waals surface area contributed by atoms with Gasteiger partial charge in [0, 0.05) is 6.15 Å². The van der Waals surface area contributed by atoms with E-state index in [2.05, 4.69) is 33.0 Å². The second kappa shape index (κ2) is 15.0. The molecule has 18 heavy (non-hydrogen) atoms. The Morgan fingerprint density at radius 1 is 0.611 bits per heavy atom. The zero-order valence-electron chi connectivity index (χ0n) is 13.2. The Labute approximate surface area is 116 Å². The number of nitrogens with one attached hydrogen (secondary N) is 1. The van der Waals surface area contributed by atoms with Gasteiger partial charge in [-0.2, -0.15) is 0 Å². The standard InChI is InChI=1S/C16H35N.N/c1-15(2)11-7-5-9-13-17-14-10-6-8-12-16(3)4;/h15-17H,5-14H2,1-4H3;. The number of hydrogen-bond acceptors (Lipinski definition) is 1. The Bertz CT molecular complexity index is 128. The predicted octanol–water partition coefficient (Wildman–Crippen LogP) is 4.53. The van der Waals surface area contributed by atoms with E-state index in [1.54, 1.807) is 0 Å². The van der Waals surface area contributed by atoms with Gasteiger partial charge in [-0.1, -0.05) is 66.2 Å². The van der Waals surface area contributed by atoms with Crippen LogP contribution in [0.15, 0.2) is 0 Å². The van der Waals surface area contributed by atoms with Gasteiger partial charge in [-0.05, 0) is 37.8 Å². The summed E-state index contributed by atoms with van der Waals surface area (Å²) in [6.07, 6.45) is 11.1. The van der Waals surface area contributed by atoms with E-state index >= 15 is 0 Å². The van der Waals surface area contributed by atoms with Crippen molar-refractivity contribution in [2.24, 2.45) is 11.8 Å². The van der Waals surface area contributed by atoms with Crippen LogP contribution in [0.1, 0.15) is 79.1 Å². The third-order valence-electron chi connectivity index (χ3n) is 3.27. The monoisotopic (exact) mass is 255 g/mol. The van der Waals surface area contributed by atoms with Crippen LogP contribution in [-0.4, -0.2) is 13.1 Å². The lowest BCUT2D eigenvalue weighted by Crippen LogP contribution is -2.16. The van der Waals surface area contributed by atoms with Gasteiger partial charge in [0.25, 0.3) is 0 Å². The molecule has 0 atom stereocenters. The number of rotatable bonds is 12. The zero-order chi connectivity index (χ0) is 12.9. The Morgan fingerprint density at radius 3 is 1.33 bits per heavy atom. The minimum Gasteiger partial charge on any atom is -0.317 e. The first-order chi connectivity index (χ1) is 8.13. The van der Waals surface area contributed by atoms with Crippen molar-refractivity contribution in [3.05, 3.63) is 0 Å². The Morgan fingerprint density at radius 2 is 1.00 bits per heavy atom. The van der Waals surface area contributed by atoms with E-state index in [0.717, 1.165) is 11.8 Å². The molecule has 0 saturated carbocycles. The highest BCUT2D eigenvalue weighted by atomic mass is 14.8. The molecule has 0 aromatic carbocycles. The molecular weight excluding hydrogens is 220 g/mol. The van der Waals surface area contributed by atoms with Gasteiger partial charge >= 0.3 is 0 Å². The van der Waals surface area contributed by atoms with Crippen molar-refractivity contribution in [2.45, 2.75) is 79.1 Å². The third kappa shape index (κ3) is 18.3. The average molecular weight is 255 g/mol. The van der Waals surface area contributed by atoms with E-state index in [9.17, 15) is 0 Å². The Hall–Kier alpha value is -0.0800. The van der Waals surface area contributed by atoms with E-state index < -0.39 is 0 Å². The van der Waals surface area contributed by atoms with E-state index in [1.165, 1.54) is 64.5 Å². The largest absolute Gasteiger partial charge is 0.317 e. The summed E-state index contributed by atoms with van der Waals surface area (Å²) < 4.78 is 0. The number of unbranched alkanes of at least 4 members (excludes halogenated alkanes) is 4. The lowest BCUT2D eigenvalue weighted by atomic mass is 10.1. The summed E-state index contributed by atoms with van der Waals surface area (Å²) in [4.78, 5) is 0. The molecule has 0 unspecified atom stereocenters. The average Bonchev–Trinajstić information content (AvgIpc) is 2.25. The molecule has 0 rings (SSSR count). The first-order valence-corrected chi connectivity index (χ1v) is 7.83. The summed E-state index contributed by atoms with van der Waals surface area (Å²) in [6.45, 7) is 11.7. The summed E-state index contributed by atoms with van der Waals surface area (Å²) in [5, 5.41) is 3.56. The highest BCUT2D eigenvalue weighted by Gasteiger charge is 1.95. The minimum atomic E-state index is 0. The normalized spacial score (nSPS) is 11.0. The molecule has 2 nitrogen and oxygen atoms in total. The van der Waals surface area contributed by atoms with Crippen molar-refractivity contribution in [1.82, 2.24) is 11.5 Å². The highest BCUT2D eigenvalue weighted by Crippen LogP contribution is 2.08. The van der Waals surface area contributed by atoms with Crippen LogP contribution in [0.3, 0.4) is 0 Å². The van der Waals surface area contributed by atoms with Crippen LogP contribution in [0.4, 0.5) is 0 Å². The van der Waals surface area contributed by atoms with Crippen LogP contribution in [-0.2, 0) is 0 Å². The van der Waals surface area contributed by atoms with Gasteiger partial charge in [-0.3, -0.25) is 0 Å². The first-order valence-electron chi connectivity index (χ1n) is 7.83. The van der Waals surface area contributed by atoms with Gasteiger partial charge in [0.15, 0.2) is 0 Å². The van der Waals surface area contributed by atoms with Crippen molar-refractivity contribution < 1.29 is 0 Å². The van der Waals surface area contributed by atoms with Crippen molar-refractivity contribution in [3.63, 3.8) is 0 Å². The van der Waals surface area contributed by atoms with Gasteiger partial charge in [0.1, 0.15) is 0 Å². The van der Waals surface area contributed by atoms with Crippen LogP contribution in [0.2, 0.25) is 0 Å². The molecule has 0 aliphatic carbocycles. The molecule has 1 N–H and O–H groups in total. The zero-order valence-corrected chi connectivity index (χ0v) is 13.2.